The number of carbonyl (C=O) groups excluding carboxylic acids is 2. The monoisotopic (exact) mass is 417 g/mol. The van der Waals surface area contributed by atoms with Crippen molar-refractivity contribution in [2.24, 2.45) is 11.8 Å². The van der Waals surface area contributed by atoms with Crippen LogP contribution in [-0.2, 0) is 9.59 Å². The topological polar surface area (TPSA) is 62.3 Å². The van der Waals surface area contributed by atoms with Crippen LogP contribution in [0.3, 0.4) is 0 Å². The Morgan fingerprint density at radius 3 is 2.54 bits per heavy atom. The van der Waals surface area contributed by atoms with Gasteiger partial charge in [0, 0.05) is 24.0 Å². The van der Waals surface area contributed by atoms with Crippen LogP contribution in [0.25, 0.3) is 11.3 Å². The number of carbonyl (C=O) groups is 2. The van der Waals surface area contributed by atoms with Crippen molar-refractivity contribution in [2.45, 2.75) is 27.2 Å². The number of nitrogens with zero attached hydrogens (tertiary/aromatic N) is 2. The molecule has 5 nitrogen and oxygen atoms in total. The molecular formula is C21H27N3O2S2. The summed E-state index contributed by atoms with van der Waals surface area (Å²) >= 11 is 2.78. The quantitative estimate of drug-likeness (QED) is 0.761. The largest absolute Gasteiger partial charge is 0.341 e. The number of hydrogen-bond donors (Lipinski definition) is 1. The highest BCUT2D eigenvalue weighted by molar-refractivity contribution is 8.00. The minimum Gasteiger partial charge on any atom is -0.341 e. The van der Waals surface area contributed by atoms with E-state index in [0.29, 0.717) is 22.7 Å². The predicted molar refractivity (Wildman–Crippen MR) is 118 cm³/mol. The second-order valence-corrected chi connectivity index (χ2v) is 9.53. The number of benzene rings is 1. The summed E-state index contributed by atoms with van der Waals surface area (Å²) in [6.07, 6.45) is 1.18. The van der Waals surface area contributed by atoms with Crippen molar-refractivity contribution in [1.29, 1.82) is 0 Å². The van der Waals surface area contributed by atoms with Crippen LogP contribution in [0.4, 0.5) is 5.13 Å². The number of aromatic nitrogens is 1. The molecule has 1 aliphatic rings. The number of likely N-dealkylation sites (tertiary alicyclic amines) is 1. The van der Waals surface area contributed by atoms with Gasteiger partial charge in [-0.2, -0.15) is 0 Å². The number of aryl methyl sites for hydroxylation is 1. The van der Waals surface area contributed by atoms with E-state index in [1.165, 1.54) is 35.1 Å². The molecule has 3 rings (SSSR count). The summed E-state index contributed by atoms with van der Waals surface area (Å²) in [6, 6.07) is 8.15. The fourth-order valence-electron chi connectivity index (χ4n) is 3.53. The number of piperidine rings is 1. The van der Waals surface area contributed by atoms with Gasteiger partial charge in [-0.25, -0.2) is 4.98 Å². The van der Waals surface area contributed by atoms with E-state index in [2.05, 4.69) is 24.1 Å². The lowest BCUT2D eigenvalue weighted by Crippen LogP contribution is -2.43. The highest BCUT2D eigenvalue weighted by Crippen LogP contribution is 2.25. The Morgan fingerprint density at radius 2 is 1.86 bits per heavy atom. The second kappa shape index (κ2) is 9.56. The Balaban J connectivity index is 1.43. The van der Waals surface area contributed by atoms with E-state index in [9.17, 15) is 9.59 Å². The molecule has 7 heteroatoms. The van der Waals surface area contributed by atoms with Crippen LogP contribution in [0, 0.1) is 18.8 Å². The first-order valence-electron chi connectivity index (χ1n) is 9.58. The number of hydrogen-bond acceptors (Lipinski definition) is 5. The average Bonchev–Trinajstić information content (AvgIpc) is 3.09. The molecule has 2 amide bonds. The summed E-state index contributed by atoms with van der Waals surface area (Å²) in [5.74, 6) is 1.71. The average molecular weight is 418 g/mol. The number of thiazole rings is 1. The first-order chi connectivity index (χ1) is 13.4. The summed E-state index contributed by atoms with van der Waals surface area (Å²) in [5.41, 5.74) is 3.09. The van der Waals surface area contributed by atoms with Crippen molar-refractivity contribution in [2.75, 3.05) is 29.9 Å². The molecule has 1 fully saturated rings. The minimum absolute atomic E-state index is 0.122. The van der Waals surface area contributed by atoms with Crippen molar-refractivity contribution in [3.63, 3.8) is 0 Å². The maximum Gasteiger partial charge on any atom is 0.236 e. The van der Waals surface area contributed by atoms with Gasteiger partial charge in [0.25, 0.3) is 0 Å². The Kier molecular flexibility index (Phi) is 7.13. The number of rotatable bonds is 6. The zero-order chi connectivity index (χ0) is 20.1. The molecule has 1 aromatic heterocycles. The summed E-state index contributed by atoms with van der Waals surface area (Å²) in [4.78, 5) is 31.0. The molecule has 1 saturated heterocycles. The highest BCUT2D eigenvalue weighted by atomic mass is 32.2. The summed E-state index contributed by atoms with van der Waals surface area (Å²) in [6.45, 7) is 8.09. The number of thioether (sulfide) groups is 1. The van der Waals surface area contributed by atoms with Gasteiger partial charge in [0.1, 0.15) is 0 Å². The van der Waals surface area contributed by atoms with Gasteiger partial charge in [0.2, 0.25) is 11.8 Å². The van der Waals surface area contributed by atoms with Crippen LogP contribution in [0.2, 0.25) is 0 Å². The lowest BCUT2D eigenvalue weighted by molar-refractivity contribution is -0.130. The number of anilines is 1. The van der Waals surface area contributed by atoms with E-state index >= 15 is 0 Å². The number of amides is 2. The molecule has 2 atom stereocenters. The Bertz CT molecular complexity index is 809. The molecule has 2 heterocycles. The van der Waals surface area contributed by atoms with E-state index in [-0.39, 0.29) is 17.6 Å². The molecule has 0 spiro atoms. The van der Waals surface area contributed by atoms with Crippen LogP contribution in [0.15, 0.2) is 29.6 Å². The molecule has 1 aromatic carbocycles. The summed E-state index contributed by atoms with van der Waals surface area (Å²) < 4.78 is 0. The van der Waals surface area contributed by atoms with Gasteiger partial charge in [-0.3, -0.25) is 9.59 Å². The molecule has 0 unspecified atom stereocenters. The van der Waals surface area contributed by atoms with Gasteiger partial charge in [-0.1, -0.05) is 43.7 Å². The van der Waals surface area contributed by atoms with E-state index in [1.807, 2.05) is 41.5 Å². The zero-order valence-corrected chi connectivity index (χ0v) is 18.2. The molecule has 150 valence electrons. The Morgan fingerprint density at radius 1 is 1.18 bits per heavy atom. The Labute approximate surface area is 174 Å². The highest BCUT2D eigenvalue weighted by Gasteiger charge is 2.25. The predicted octanol–water partition coefficient (Wildman–Crippen LogP) is 4.29. The molecule has 28 heavy (non-hydrogen) atoms. The van der Waals surface area contributed by atoms with Crippen molar-refractivity contribution >= 4 is 40.0 Å². The van der Waals surface area contributed by atoms with Crippen molar-refractivity contribution in [3.05, 3.63) is 35.2 Å². The molecule has 0 bridgehead atoms. The SMILES string of the molecule is Cc1ccc(-c2csc(NC(=O)CSCC(=O)N3C[C@@H](C)C[C@H](C)C3)n2)cc1. The first kappa shape index (κ1) is 20.9. The molecule has 0 aliphatic carbocycles. The Hall–Kier alpha value is -1.86. The van der Waals surface area contributed by atoms with E-state index < -0.39 is 0 Å². The lowest BCUT2D eigenvalue weighted by atomic mass is 9.92. The molecular weight excluding hydrogens is 390 g/mol. The van der Waals surface area contributed by atoms with Crippen molar-refractivity contribution < 1.29 is 9.59 Å². The smallest absolute Gasteiger partial charge is 0.236 e. The third kappa shape index (κ3) is 5.82. The molecule has 1 N–H and O–H groups in total. The van der Waals surface area contributed by atoms with Gasteiger partial charge >= 0.3 is 0 Å². The van der Waals surface area contributed by atoms with Crippen LogP contribution in [0.5, 0.6) is 0 Å². The van der Waals surface area contributed by atoms with Gasteiger partial charge < -0.3 is 10.2 Å². The lowest BCUT2D eigenvalue weighted by Gasteiger charge is -2.35. The third-order valence-corrected chi connectivity index (χ3v) is 6.45. The third-order valence-electron chi connectivity index (χ3n) is 4.78. The number of nitrogens with one attached hydrogen (secondary N) is 1. The van der Waals surface area contributed by atoms with Gasteiger partial charge in [-0.15, -0.1) is 23.1 Å². The van der Waals surface area contributed by atoms with E-state index in [0.717, 1.165) is 24.3 Å². The zero-order valence-electron chi connectivity index (χ0n) is 16.6. The summed E-state index contributed by atoms with van der Waals surface area (Å²) in [5, 5.41) is 5.36. The van der Waals surface area contributed by atoms with Crippen LogP contribution >= 0.6 is 23.1 Å². The van der Waals surface area contributed by atoms with Gasteiger partial charge in [-0.05, 0) is 25.2 Å². The molecule has 0 radical (unpaired) electrons. The fraction of sp³-hybridized carbons (Fsp3) is 0.476. The molecule has 1 aliphatic heterocycles. The maximum absolute atomic E-state index is 12.4. The van der Waals surface area contributed by atoms with Crippen molar-refractivity contribution in [3.8, 4) is 11.3 Å². The van der Waals surface area contributed by atoms with Gasteiger partial charge in [0.05, 0.1) is 17.2 Å². The fourth-order valence-corrected chi connectivity index (χ4v) is 4.98. The molecule has 2 aromatic rings. The summed E-state index contributed by atoms with van der Waals surface area (Å²) in [7, 11) is 0. The van der Waals surface area contributed by atoms with Crippen LogP contribution < -0.4 is 5.32 Å². The van der Waals surface area contributed by atoms with Crippen LogP contribution in [-0.4, -0.2) is 46.3 Å². The normalized spacial score (nSPS) is 19.5. The van der Waals surface area contributed by atoms with Crippen LogP contribution in [0.1, 0.15) is 25.8 Å². The van der Waals surface area contributed by atoms with E-state index in [1.54, 1.807) is 0 Å². The van der Waals surface area contributed by atoms with E-state index in [4.69, 9.17) is 0 Å². The maximum atomic E-state index is 12.4. The van der Waals surface area contributed by atoms with Gasteiger partial charge in [0.15, 0.2) is 5.13 Å². The van der Waals surface area contributed by atoms with Crippen molar-refractivity contribution in [1.82, 2.24) is 9.88 Å². The molecule has 0 saturated carbocycles. The minimum atomic E-state index is -0.122. The first-order valence-corrected chi connectivity index (χ1v) is 11.6. The second-order valence-electron chi connectivity index (χ2n) is 7.69. The standard InChI is InChI=1S/C21H27N3O2S2/c1-14-4-6-17(7-5-14)18-11-28-21(22-18)23-19(25)12-27-13-20(26)24-9-15(2)8-16(3)10-24/h4-7,11,15-16H,8-10,12-13H2,1-3H3,(H,22,23,25)/t15-,16-/m0/s1.